The van der Waals surface area contributed by atoms with Gasteiger partial charge in [0.2, 0.25) is 5.91 Å². The zero-order valence-electron chi connectivity index (χ0n) is 16.8. The molecule has 2 aromatic heterocycles. The quantitative estimate of drug-likeness (QED) is 0.447. The van der Waals surface area contributed by atoms with Crippen LogP contribution < -0.4 is 15.6 Å². The Labute approximate surface area is 181 Å². The van der Waals surface area contributed by atoms with Crippen LogP contribution in [0.2, 0.25) is 0 Å². The van der Waals surface area contributed by atoms with Crippen molar-refractivity contribution in [3.05, 3.63) is 82.0 Å². The van der Waals surface area contributed by atoms with Crippen LogP contribution >= 0.6 is 11.3 Å². The number of fused-ring (bicyclic) bond motifs is 1. The SMILES string of the molecule is Cc1cccc(OCCNC(=O)Cn2cnc3scc(-c4ccc(F)cc4)c3c2=O)c1. The Morgan fingerprint density at radius 2 is 2.03 bits per heavy atom. The number of amides is 1. The number of rotatable bonds is 7. The minimum absolute atomic E-state index is 0.148. The van der Waals surface area contributed by atoms with E-state index in [-0.39, 0.29) is 23.8 Å². The number of halogens is 1. The Bertz CT molecular complexity index is 1280. The van der Waals surface area contributed by atoms with Gasteiger partial charge >= 0.3 is 0 Å². The lowest BCUT2D eigenvalue weighted by atomic mass is 10.1. The van der Waals surface area contributed by atoms with E-state index in [0.717, 1.165) is 16.9 Å². The lowest BCUT2D eigenvalue weighted by molar-refractivity contribution is -0.121. The molecule has 158 valence electrons. The van der Waals surface area contributed by atoms with Crippen LogP contribution in [0, 0.1) is 12.7 Å². The van der Waals surface area contributed by atoms with Crippen molar-refractivity contribution in [1.29, 1.82) is 0 Å². The Kier molecular flexibility index (Phi) is 6.08. The molecule has 0 fully saturated rings. The third-order valence-electron chi connectivity index (χ3n) is 4.71. The van der Waals surface area contributed by atoms with E-state index in [1.54, 1.807) is 12.1 Å². The summed E-state index contributed by atoms with van der Waals surface area (Å²) in [6, 6.07) is 13.6. The summed E-state index contributed by atoms with van der Waals surface area (Å²) in [5, 5.41) is 4.99. The topological polar surface area (TPSA) is 73.2 Å². The zero-order valence-corrected chi connectivity index (χ0v) is 17.6. The van der Waals surface area contributed by atoms with Gasteiger partial charge in [-0.3, -0.25) is 14.2 Å². The summed E-state index contributed by atoms with van der Waals surface area (Å²) >= 11 is 1.34. The first-order valence-corrected chi connectivity index (χ1v) is 10.6. The molecule has 4 aromatic rings. The van der Waals surface area contributed by atoms with E-state index in [2.05, 4.69) is 10.3 Å². The van der Waals surface area contributed by atoms with Crippen LogP contribution in [0.5, 0.6) is 5.75 Å². The zero-order chi connectivity index (χ0) is 21.8. The summed E-state index contributed by atoms with van der Waals surface area (Å²) < 4.78 is 20.1. The highest BCUT2D eigenvalue weighted by atomic mass is 32.1. The van der Waals surface area contributed by atoms with Crippen LogP contribution in [-0.4, -0.2) is 28.6 Å². The first-order chi connectivity index (χ1) is 15.0. The molecule has 2 aromatic carbocycles. The average Bonchev–Trinajstić information content (AvgIpc) is 3.19. The van der Waals surface area contributed by atoms with Crippen LogP contribution in [0.1, 0.15) is 5.56 Å². The number of aromatic nitrogens is 2. The molecular weight excluding hydrogens is 417 g/mol. The number of carbonyl (C=O) groups excluding carboxylic acids is 1. The maximum absolute atomic E-state index is 13.2. The molecule has 1 amide bonds. The van der Waals surface area contributed by atoms with Crippen LogP contribution in [0.25, 0.3) is 21.3 Å². The lowest BCUT2D eigenvalue weighted by Gasteiger charge is -2.09. The van der Waals surface area contributed by atoms with Crippen molar-refractivity contribution >= 4 is 27.5 Å². The predicted octanol–water partition coefficient (Wildman–Crippen LogP) is 3.77. The molecule has 2 heterocycles. The van der Waals surface area contributed by atoms with Crippen molar-refractivity contribution in [2.45, 2.75) is 13.5 Å². The highest BCUT2D eigenvalue weighted by Gasteiger charge is 2.14. The number of benzene rings is 2. The van der Waals surface area contributed by atoms with E-state index in [0.29, 0.717) is 28.9 Å². The van der Waals surface area contributed by atoms with Gasteiger partial charge in [0.15, 0.2) is 0 Å². The van der Waals surface area contributed by atoms with Crippen LogP contribution in [0.4, 0.5) is 4.39 Å². The van der Waals surface area contributed by atoms with E-state index < -0.39 is 0 Å². The molecule has 0 saturated heterocycles. The van der Waals surface area contributed by atoms with Crippen molar-refractivity contribution in [1.82, 2.24) is 14.9 Å². The normalized spacial score (nSPS) is 10.9. The molecule has 1 N–H and O–H groups in total. The largest absolute Gasteiger partial charge is 0.492 e. The van der Waals surface area contributed by atoms with Gasteiger partial charge in [-0.15, -0.1) is 11.3 Å². The predicted molar refractivity (Wildman–Crippen MR) is 119 cm³/mol. The van der Waals surface area contributed by atoms with Gasteiger partial charge in [-0.2, -0.15) is 0 Å². The van der Waals surface area contributed by atoms with Gasteiger partial charge in [0.05, 0.1) is 18.3 Å². The van der Waals surface area contributed by atoms with E-state index in [4.69, 9.17) is 4.74 Å². The van der Waals surface area contributed by atoms with Crippen molar-refractivity contribution in [2.24, 2.45) is 0 Å². The molecule has 0 spiro atoms. The maximum atomic E-state index is 13.2. The number of nitrogens with one attached hydrogen (secondary N) is 1. The van der Waals surface area contributed by atoms with Gasteiger partial charge in [-0.25, -0.2) is 9.37 Å². The molecular formula is C23H20FN3O3S. The van der Waals surface area contributed by atoms with E-state index in [9.17, 15) is 14.0 Å². The Balaban J connectivity index is 1.43. The third kappa shape index (κ3) is 4.80. The minimum atomic E-state index is -0.345. The van der Waals surface area contributed by atoms with Gasteiger partial charge in [-0.05, 0) is 42.3 Å². The Morgan fingerprint density at radius 1 is 1.23 bits per heavy atom. The molecule has 0 bridgehead atoms. The third-order valence-corrected chi connectivity index (χ3v) is 5.60. The number of nitrogens with zero attached hydrogens (tertiary/aromatic N) is 2. The number of hydrogen-bond donors (Lipinski definition) is 1. The van der Waals surface area contributed by atoms with Crippen LogP contribution in [0.3, 0.4) is 0 Å². The molecule has 0 aliphatic carbocycles. The Morgan fingerprint density at radius 3 is 2.81 bits per heavy atom. The number of thiophene rings is 1. The minimum Gasteiger partial charge on any atom is -0.492 e. The molecule has 0 aliphatic heterocycles. The highest BCUT2D eigenvalue weighted by Crippen LogP contribution is 2.30. The monoisotopic (exact) mass is 437 g/mol. The summed E-state index contributed by atoms with van der Waals surface area (Å²) in [7, 11) is 0. The van der Waals surface area contributed by atoms with Gasteiger partial charge < -0.3 is 10.1 Å². The number of aryl methyl sites for hydroxylation is 1. The first-order valence-electron chi connectivity index (χ1n) is 9.70. The molecule has 0 aliphatic rings. The number of hydrogen-bond acceptors (Lipinski definition) is 5. The second-order valence-corrected chi connectivity index (χ2v) is 7.89. The first kappa shape index (κ1) is 20.7. The molecule has 31 heavy (non-hydrogen) atoms. The smallest absolute Gasteiger partial charge is 0.263 e. The van der Waals surface area contributed by atoms with Crippen molar-refractivity contribution in [2.75, 3.05) is 13.2 Å². The maximum Gasteiger partial charge on any atom is 0.263 e. The van der Waals surface area contributed by atoms with Gasteiger partial charge in [-0.1, -0.05) is 24.3 Å². The number of carbonyl (C=O) groups is 1. The molecule has 6 nitrogen and oxygen atoms in total. The fraction of sp³-hybridized carbons (Fsp3) is 0.174. The summed E-state index contributed by atoms with van der Waals surface area (Å²) in [5.41, 5.74) is 2.19. The highest BCUT2D eigenvalue weighted by molar-refractivity contribution is 7.17. The van der Waals surface area contributed by atoms with E-state index in [1.807, 2.05) is 36.6 Å². The van der Waals surface area contributed by atoms with Crippen LogP contribution in [-0.2, 0) is 11.3 Å². The summed E-state index contributed by atoms with van der Waals surface area (Å²) in [6.07, 6.45) is 1.37. The van der Waals surface area contributed by atoms with Gasteiger partial charge in [0, 0.05) is 10.9 Å². The Hall–Kier alpha value is -3.52. The van der Waals surface area contributed by atoms with E-state index >= 15 is 0 Å². The molecule has 0 atom stereocenters. The summed E-state index contributed by atoms with van der Waals surface area (Å²) in [5.74, 6) is 0.0856. The van der Waals surface area contributed by atoms with Gasteiger partial charge in [0.25, 0.3) is 5.56 Å². The lowest BCUT2D eigenvalue weighted by Crippen LogP contribution is -2.34. The number of ether oxygens (including phenoxy) is 1. The fourth-order valence-electron chi connectivity index (χ4n) is 3.20. The molecule has 4 rings (SSSR count). The molecule has 0 unspecified atom stereocenters. The van der Waals surface area contributed by atoms with Crippen LogP contribution in [0.15, 0.2) is 65.0 Å². The molecule has 0 radical (unpaired) electrons. The summed E-state index contributed by atoms with van der Waals surface area (Å²) in [4.78, 5) is 30.2. The van der Waals surface area contributed by atoms with Crippen molar-refractivity contribution in [3.63, 3.8) is 0 Å². The van der Waals surface area contributed by atoms with E-state index in [1.165, 1.54) is 34.4 Å². The van der Waals surface area contributed by atoms with Crippen molar-refractivity contribution < 1.29 is 13.9 Å². The summed E-state index contributed by atoms with van der Waals surface area (Å²) in [6.45, 7) is 2.47. The van der Waals surface area contributed by atoms with Gasteiger partial charge in [0.1, 0.15) is 29.5 Å². The second-order valence-electron chi connectivity index (χ2n) is 7.03. The van der Waals surface area contributed by atoms with Crippen molar-refractivity contribution in [3.8, 4) is 16.9 Å². The second kappa shape index (κ2) is 9.09. The fourth-order valence-corrected chi connectivity index (χ4v) is 4.10. The molecule has 0 saturated carbocycles. The average molecular weight is 437 g/mol. The molecule has 8 heteroatoms. The standard InChI is InChI=1S/C23H20FN3O3S/c1-15-3-2-4-18(11-15)30-10-9-25-20(28)12-27-14-26-22-21(23(27)29)19(13-31-22)16-5-7-17(24)8-6-16/h2-8,11,13-14H,9-10,12H2,1H3,(H,25,28).